The van der Waals surface area contributed by atoms with Crippen LogP contribution in [0.5, 0.6) is 0 Å². The normalized spacial score (nSPS) is 12.3. The molecule has 2 rings (SSSR count). The van der Waals surface area contributed by atoms with E-state index in [1.165, 1.54) is 5.56 Å². The molecular weight excluding hydrogens is 332 g/mol. The average molecular weight is 351 g/mol. The van der Waals surface area contributed by atoms with Gasteiger partial charge >= 0.3 is 0 Å². The quantitative estimate of drug-likeness (QED) is 0.734. The van der Waals surface area contributed by atoms with Crippen LogP contribution in [0.25, 0.3) is 0 Å². The highest BCUT2D eigenvalue weighted by atomic mass is 79.9. The standard InChI is InChI=1S/C16H19BrN2S/c1-2-10-18-15(13-7-4-3-5-8-13)12-20-16-14(17)9-6-11-19-16/h3-9,11,15,18H,2,10,12H2,1H3. The molecule has 0 aliphatic heterocycles. The SMILES string of the molecule is CCCNC(CSc1ncccc1Br)c1ccccc1. The van der Waals surface area contributed by atoms with Crippen LogP contribution in [-0.4, -0.2) is 17.3 Å². The molecule has 20 heavy (non-hydrogen) atoms. The number of thioether (sulfide) groups is 1. The van der Waals surface area contributed by atoms with Gasteiger partial charge < -0.3 is 5.32 Å². The van der Waals surface area contributed by atoms with Crippen LogP contribution in [0.2, 0.25) is 0 Å². The Bertz CT molecular complexity index is 519. The third-order valence-electron chi connectivity index (χ3n) is 2.95. The van der Waals surface area contributed by atoms with Gasteiger partial charge in [0.05, 0.1) is 0 Å². The highest BCUT2D eigenvalue weighted by molar-refractivity contribution is 9.10. The fourth-order valence-corrected chi connectivity index (χ4v) is 3.49. The van der Waals surface area contributed by atoms with Gasteiger partial charge in [0.1, 0.15) is 5.03 Å². The fourth-order valence-electron chi connectivity index (χ4n) is 1.92. The first-order chi connectivity index (χ1) is 9.81. The smallest absolute Gasteiger partial charge is 0.110 e. The number of nitrogens with one attached hydrogen (secondary N) is 1. The third kappa shape index (κ3) is 4.62. The van der Waals surface area contributed by atoms with Gasteiger partial charge in [0.15, 0.2) is 0 Å². The Hall–Kier alpha value is -0.840. The number of hydrogen-bond donors (Lipinski definition) is 1. The highest BCUT2D eigenvalue weighted by Crippen LogP contribution is 2.28. The molecule has 2 aromatic rings. The summed E-state index contributed by atoms with van der Waals surface area (Å²) in [4.78, 5) is 4.41. The zero-order valence-corrected chi connectivity index (χ0v) is 14.0. The van der Waals surface area contributed by atoms with Crippen molar-refractivity contribution in [3.63, 3.8) is 0 Å². The summed E-state index contributed by atoms with van der Waals surface area (Å²) < 4.78 is 1.06. The summed E-state index contributed by atoms with van der Waals surface area (Å²) in [5.74, 6) is 0.972. The first kappa shape index (κ1) is 15.5. The first-order valence-electron chi connectivity index (χ1n) is 6.83. The first-order valence-corrected chi connectivity index (χ1v) is 8.60. The second-order valence-corrected chi connectivity index (χ2v) is 6.38. The zero-order valence-electron chi connectivity index (χ0n) is 11.6. The van der Waals surface area contributed by atoms with Gasteiger partial charge in [-0.1, -0.05) is 37.3 Å². The summed E-state index contributed by atoms with van der Waals surface area (Å²) in [5, 5.41) is 4.66. The maximum Gasteiger partial charge on any atom is 0.110 e. The molecule has 0 radical (unpaired) electrons. The molecule has 0 saturated heterocycles. The average Bonchev–Trinajstić information content (AvgIpc) is 2.50. The van der Waals surface area contributed by atoms with Crippen LogP contribution in [0.3, 0.4) is 0 Å². The van der Waals surface area contributed by atoms with Gasteiger partial charge in [-0.15, -0.1) is 11.8 Å². The summed E-state index contributed by atoms with van der Waals surface area (Å²) in [6.45, 7) is 3.22. The molecule has 2 nitrogen and oxygen atoms in total. The summed E-state index contributed by atoms with van der Waals surface area (Å²) in [6.07, 6.45) is 2.98. The van der Waals surface area contributed by atoms with Gasteiger partial charge in [0.25, 0.3) is 0 Å². The molecule has 106 valence electrons. The molecule has 0 fully saturated rings. The van der Waals surface area contributed by atoms with Crippen molar-refractivity contribution in [2.75, 3.05) is 12.3 Å². The lowest BCUT2D eigenvalue weighted by molar-refractivity contribution is 0.577. The molecule has 1 aromatic heterocycles. The Morgan fingerprint density at radius 2 is 2.00 bits per heavy atom. The van der Waals surface area contributed by atoms with E-state index in [0.29, 0.717) is 6.04 Å². The minimum Gasteiger partial charge on any atom is -0.309 e. The topological polar surface area (TPSA) is 24.9 Å². The zero-order chi connectivity index (χ0) is 14.2. The van der Waals surface area contributed by atoms with Crippen molar-refractivity contribution in [1.82, 2.24) is 10.3 Å². The lowest BCUT2D eigenvalue weighted by Gasteiger charge is -2.18. The number of pyridine rings is 1. The number of aromatic nitrogens is 1. The van der Waals surface area contributed by atoms with Crippen LogP contribution in [-0.2, 0) is 0 Å². The second-order valence-electron chi connectivity index (χ2n) is 4.52. The van der Waals surface area contributed by atoms with E-state index in [-0.39, 0.29) is 0 Å². The number of hydrogen-bond acceptors (Lipinski definition) is 3. The minimum atomic E-state index is 0.357. The third-order valence-corrected chi connectivity index (χ3v) is 4.96. The molecule has 0 amide bonds. The van der Waals surface area contributed by atoms with Gasteiger partial charge in [-0.05, 0) is 46.6 Å². The van der Waals surface area contributed by atoms with Crippen molar-refractivity contribution in [2.45, 2.75) is 24.4 Å². The Balaban J connectivity index is 2.03. The van der Waals surface area contributed by atoms with Crippen LogP contribution >= 0.6 is 27.7 Å². The predicted octanol–water partition coefficient (Wildman–Crippen LogP) is 4.68. The van der Waals surface area contributed by atoms with Crippen molar-refractivity contribution in [1.29, 1.82) is 0 Å². The summed E-state index contributed by atoms with van der Waals surface area (Å²) in [5.41, 5.74) is 1.33. The van der Waals surface area contributed by atoms with E-state index in [9.17, 15) is 0 Å². The van der Waals surface area contributed by atoms with E-state index in [1.807, 2.05) is 18.3 Å². The van der Waals surface area contributed by atoms with Gasteiger partial charge in [0.2, 0.25) is 0 Å². The van der Waals surface area contributed by atoms with Gasteiger partial charge in [-0.25, -0.2) is 4.98 Å². The van der Waals surface area contributed by atoms with Gasteiger partial charge in [0, 0.05) is 22.5 Å². The molecule has 0 aliphatic carbocycles. The summed E-state index contributed by atoms with van der Waals surface area (Å²) in [6, 6.07) is 14.9. The van der Waals surface area contributed by atoms with Crippen molar-refractivity contribution < 1.29 is 0 Å². The molecule has 4 heteroatoms. The molecule has 0 spiro atoms. The van der Waals surface area contributed by atoms with Crippen LogP contribution in [0, 0.1) is 0 Å². The molecule has 1 heterocycles. The highest BCUT2D eigenvalue weighted by Gasteiger charge is 2.12. The number of halogens is 1. The van der Waals surface area contributed by atoms with E-state index in [2.05, 4.69) is 63.5 Å². The van der Waals surface area contributed by atoms with E-state index in [0.717, 1.165) is 28.2 Å². The molecule has 1 aromatic carbocycles. The van der Waals surface area contributed by atoms with E-state index < -0.39 is 0 Å². The van der Waals surface area contributed by atoms with E-state index in [4.69, 9.17) is 0 Å². The van der Waals surface area contributed by atoms with Crippen LogP contribution in [0.4, 0.5) is 0 Å². The summed E-state index contributed by atoms with van der Waals surface area (Å²) in [7, 11) is 0. The lowest BCUT2D eigenvalue weighted by Crippen LogP contribution is -2.24. The van der Waals surface area contributed by atoms with Crippen molar-refractivity contribution in [2.24, 2.45) is 0 Å². The second kappa shape index (κ2) is 8.45. The van der Waals surface area contributed by atoms with Gasteiger partial charge in [-0.2, -0.15) is 0 Å². The largest absolute Gasteiger partial charge is 0.309 e. The van der Waals surface area contributed by atoms with Crippen LogP contribution in [0.1, 0.15) is 24.9 Å². The lowest BCUT2D eigenvalue weighted by atomic mass is 10.1. The monoisotopic (exact) mass is 350 g/mol. The number of nitrogens with zero attached hydrogens (tertiary/aromatic N) is 1. The van der Waals surface area contributed by atoms with Gasteiger partial charge in [-0.3, -0.25) is 0 Å². The Kier molecular flexibility index (Phi) is 6.57. The van der Waals surface area contributed by atoms with Crippen LogP contribution < -0.4 is 5.32 Å². The molecule has 0 bridgehead atoms. The van der Waals surface area contributed by atoms with E-state index in [1.54, 1.807) is 11.8 Å². The van der Waals surface area contributed by atoms with Crippen molar-refractivity contribution >= 4 is 27.7 Å². The Morgan fingerprint density at radius 3 is 2.70 bits per heavy atom. The number of rotatable bonds is 7. The minimum absolute atomic E-state index is 0.357. The van der Waals surface area contributed by atoms with Crippen molar-refractivity contribution in [3.05, 3.63) is 58.7 Å². The Labute approximate surface area is 133 Å². The molecule has 0 aliphatic rings. The van der Waals surface area contributed by atoms with Crippen molar-refractivity contribution in [3.8, 4) is 0 Å². The Morgan fingerprint density at radius 1 is 1.20 bits per heavy atom. The fraction of sp³-hybridized carbons (Fsp3) is 0.312. The predicted molar refractivity (Wildman–Crippen MR) is 90.1 cm³/mol. The molecule has 1 atom stereocenters. The summed E-state index contributed by atoms with van der Waals surface area (Å²) >= 11 is 5.33. The molecule has 1 N–H and O–H groups in total. The maximum atomic E-state index is 4.41. The maximum absolute atomic E-state index is 4.41. The molecule has 1 unspecified atom stereocenters. The molecule has 0 saturated carbocycles. The number of benzene rings is 1. The van der Waals surface area contributed by atoms with Crippen LogP contribution in [0.15, 0.2) is 58.2 Å². The molecular formula is C16H19BrN2S. The van der Waals surface area contributed by atoms with E-state index >= 15 is 0 Å².